The van der Waals surface area contributed by atoms with Crippen LogP contribution in [0.5, 0.6) is 0 Å². The van der Waals surface area contributed by atoms with Crippen molar-refractivity contribution >= 4 is 64.1 Å². The molecule has 0 radical (unpaired) electrons. The minimum atomic E-state index is -2.08. The van der Waals surface area contributed by atoms with Gasteiger partial charge in [-0.15, -0.1) is 0 Å². The van der Waals surface area contributed by atoms with Crippen molar-refractivity contribution in [2.45, 2.75) is 82.8 Å². The van der Waals surface area contributed by atoms with E-state index in [1.807, 2.05) is 0 Å². The molecule has 8 amide bonds. The van der Waals surface area contributed by atoms with E-state index >= 15 is 4.39 Å². The molecule has 0 saturated carbocycles. The van der Waals surface area contributed by atoms with Crippen molar-refractivity contribution in [2.75, 3.05) is 39.3 Å². The van der Waals surface area contributed by atoms with Crippen LogP contribution in [-0.2, 0) is 85.9 Å². The molecule has 24 heteroatoms. The molecule has 11 N–H and O–H groups in total. The van der Waals surface area contributed by atoms with Gasteiger partial charge in [-0.1, -0.05) is 67.6 Å². The highest BCUT2D eigenvalue weighted by atomic mass is 19.1. The second-order valence-electron chi connectivity index (χ2n) is 19.1. The topological polar surface area (TPSA) is 340 Å². The summed E-state index contributed by atoms with van der Waals surface area (Å²) >= 11 is 0. The number of nitrogens with one attached hydrogen (secondary N) is 8. The van der Waals surface area contributed by atoms with E-state index in [0.717, 1.165) is 0 Å². The number of hydrogen-bond acceptors (Lipinski definition) is 14. The van der Waals surface area contributed by atoms with Crippen LogP contribution in [0.4, 0.5) is 4.39 Å². The summed E-state index contributed by atoms with van der Waals surface area (Å²) in [5.41, 5.74) is 7.49. The molecule has 3 aromatic carbocycles. The van der Waals surface area contributed by atoms with Crippen LogP contribution in [0.25, 0.3) is 22.3 Å². The van der Waals surface area contributed by atoms with E-state index in [9.17, 15) is 53.1 Å². The Morgan fingerprint density at radius 1 is 0.744 bits per heavy atom. The molecule has 3 aliphatic rings. The third-order valence-corrected chi connectivity index (χ3v) is 14.0. The first-order chi connectivity index (χ1) is 37.4. The zero-order valence-electron chi connectivity index (χ0n) is 42.6. The number of ether oxygens (including phenoxy) is 1. The number of pyridine rings is 2. The van der Waals surface area contributed by atoms with E-state index in [1.54, 1.807) is 80.6 Å². The molecule has 0 unspecified atom stereocenters. The average molecular weight is 1070 g/mol. The smallest absolute Gasteiger partial charge is 0.343 e. The Bertz CT molecular complexity index is 3300. The van der Waals surface area contributed by atoms with Crippen molar-refractivity contribution in [1.82, 2.24) is 52.1 Å². The molecule has 0 saturated heterocycles. The number of halogens is 1. The zero-order chi connectivity index (χ0) is 55.8. The van der Waals surface area contributed by atoms with E-state index < -0.39 is 121 Å². The molecule has 4 heterocycles. The van der Waals surface area contributed by atoms with Gasteiger partial charge in [-0.05, 0) is 60.1 Å². The second kappa shape index (κ2) is 24.0. The Morgan fingerprint density at radius 3 is 1.85 bits per heavy atom. The lowest BCUT2D eigenvalue weighted by Crippen LogP contribution is -2.53. The lowest BCUT2D eigenvalue weighted by Gasteiger charge is -2.31. The van der Waals surface area contributed by atoms with Crippen molar-refractivity contribution in [3.05, 3.63) is 133 Å². The van der Waals surface area contributed by atoms with Gasteiger partial charge in [0.2, 0.25) is 47.3 Å². The van der Waals surface area contributed by atoms with Crippen molar-refractivity contribution in [2.24, 2.45) is 5.73 Å². The third kappa shape index (κ3) is 12.2. The summed E-state index contributed by atoms with van der Waals surface area (Å²) in [6.45, 7) is -0.170. The minimum absolute atomic E-state index is 0.00769. The normalized spacial score (nSPS) is 16.4. The number of carbonyl (C=O) groups excluding carboxylic acids is 9. The molecular formula is C54H58FN11O12. The van der Waals surface area contributed by atoms with Crippen LogP contribution in [0.1, 0.15) is 70.3 Å². The van der Waals surface area contributed by atoms with Crippen LogP contribution in [0, 0.1) is 12.7 Å². The third-order valence-electron chi connectivity index (χ3n) is 14.0. The van der Waals surface area contributed by atoms with Gasteiger partial charge in [0.1, 0.15) is 24.5 Å². The van der Waals surface area contributed by atoms with Crippen molar-refractivity contribution in [3.63, 3.8) is 0 Å². The van der Waals surface area contributed by atoms with E-state index in [-0.39, 0.29) is 55.6 Å². The maximum absolute atomic E-state index is 15.5. The molecule has 4 atom stereocenters. The lowest BCUT2D eigenvalue weighted by molar-refractivity contribution is -0.172. The number of carbonyl (C=O) groups is 9. The first-order valence-electron chi connectivity index (χ1n) is 25.2. The maximum atomic E-state index is 15.5. The molecule has 2 aromatic heterocycles. The number of benzene rings is 3. The fourth-order valence-corrected chi connectivity index (χ4v) is 9.87. The van der Waals surface area contributed by atoms with Gasteiger partial charge in [0.05, 0.1) is 74.3 Å². The molecule has 8 rings (SSSR count). The van der Waals surface area contributed by atoms with Crippen LogP contribution < -0.4 is 53.8 Å². The van der Waals surface area contributed by atoms with E-state index in [1.165, 1.54) is 10.6 Å². The van der Waals surface area contributed by atoms with Crippen LogP contribution in [0.3, 0.4) is 0 Å². The Hall–Kier alpha value is -8.90. The molecule has 0 fully saturated rings. The Kier molecular flexibility index (Phi) is 17.0. The largest absolute Gasteiger partial charge is 0.458 e. The Balaban J connectivity index is 0.876. The highest BCUT2D eigenvalue weighted by Gasteiger charge is 2.46. The number of aliphatic hydroxyl groups is 1. The summed E-state index contributed by atoms with van der Waals surface area (Å²) in [5, 5.41) is 32.1. The molecule has 78 heavy (non-hydrogen) atoms. The van der Waals surface area contributed by atoms with Crippen molar-refractivity contribution in [1.29, 1.82) is 0 Å². The molecule has 5 aromatic rings. The van der Waals surface area contributed by atoms with Gasteiger partial charge in [0.25, 0.3) is 5.56 Å². The lowest BCUT2D eigenvalue weighted by atomic mass is 9.81. The monoisotopic (exact) mass is 1070 g/mol. The van der Waals surface area contributed by atoms with Gasteiger partial charge in [-0.25, -0.2) is 14.2 Å². The first-order valence-corrected chi connectivity index (χ1v) is 25.2. The predicted molar refractivity (Wildman–Crippen MR) is 277 cm³/mol. The highest BCUT2D eigenvalue weighted by molar-refractivity contribution is 5.96. The molecule has 0 bridgehead atoms. The SMILES string of the molecule is CC[C@@]1(O)C(=O)OCc2c1cc1n(c2=O)Cc2c-1nc1cc(F)c(C)c3c1c2[C@@H](NC(=O)CNC(=O)[C@H](Cc1ccccc1)NC(=O)CNC(=O)CNC(=O)CNC(=O)[C@H](Cc1ccccc1)NC(=O)CNC(=O)CN)CC3. The number of esters is 1. The van der Waals surface area contributed by atoms with E-state index in [0.29, 0.717) is 63.0 Å². The van der Waals surface area contributed by atoms with E-state index in [2.05, 4.69) is 42.5 Å². The standard InChI is InChI=1S/C54H58FN11O12/c1-3-54(77)34-18-40-49-32(26-66(40)52(75)33(34)27-78-53(54)76)48-36(15-14-31-28(2)35(55)19-37(65-49)47(31)48)62-46(72)25-61-51(74)39(17-30-12-8-5-9-13-30)64-45(71)24-59-42(68)21-58-43(69)22-60-50(73)38(16-29-10-6-4-7-11-29)63-44(70)23-57-41(67)20-56/h4-13,18-19,36,38-39,77H,3,14-17,20-27,56H2,1-2H3,(H,57,67)(H,58,69)(H,59,68)(H,60,73)(H,61,74)(H,62,72)(H,63,70)(H,64,71)/t36-,38-,39-,54-/m0/s1. The minimum Gasteiger partial charge on any atom is -0.458 e. The number of rotatable bonds is 21. The van der Waals surface area contributed by atoms with Gasteiger partial charge in [0.15, 0.2) is 5.60 Å². The van der Waals surface area contributed by atoms with Gasteiger partial charge in [-0.2, -0.15) is 0 Å². The zero-order valence-corrected chi connectivity index (χ0v) is 42.6. The summed E-state index contributed by atoms with van der Waals surface area (Å²) in [6, 6.07) is 17.2. The number of nitrogens with zero attached hydrogens (tertiary/aromatic N) is 2. The number of amides is 8. The van der Waals surface area contributed by atoms with Crippen molar-refractivity contribution < 1.29 is 57.4 Å². The molecule has 0 spiro atoms. The number of cyclic esters (lactones) is 1. The van der Waals surface area contributed by atoms with Crippen LogP contribution in [-0.4, -0.2) is 119 Å². The quantitative estimate of drug-likeness (QED) is 0.0372. The molecule has 408 valence electrons. The van der Waals surface area contributed by atoms with Crippen LogP contribution in [0.2, 0.25) is 0 Å². The molecule has 2 aliphatic heterocycles. The summed E-state index contributed by atoms with van der Waals surface area (Å²) in [5.74, 6) is -7.02. The molecule has 1 aliphatic carbocycles. The number of nitrogens with two attached hydrogens (primary N) is 1. The molecular weight excluding hydrogens is 1010 g/mol. The van der Waals surface area contributed by atoms with Gasteiger partial charge in [-0.3, -0.25) is 43.2 Å². The summed E-state index contributed by atoms with van der Waals surface area (Å²) < 4.78 is 22.2. The second-order valence-corrected chi connectivity index (χ2v) is 19.1. The van der Waals surface area contributed by atoms with Gasteiger partial charge >= 0.3 is 5.97 Å². The summed E-state index contributed by atoms with van der Waals surface area (Å²) in [4.78, 5) is 135. The number of aryl methyl sites for hydroxylation is 1. The summed E-state index contributed by atoms with van der Waals surface area (Å²) in [7, 11) is 0. The fraction of sp³-hybridized carbons (Fsp3) is 0.352. The average Bonchev–Trinajstić information content (AvgIpc) is 4.04. The van der Waals surface area contributed by atoms with Gasteiger partial charge in [0, 0.05) is 35.4 Å². The highest BCUT2D eigenvalue weighted by Crippen LogP contribution is 2.46. The predicted octanol–water partition coefficient (Wildman–Crippen LogP) is -1.37. The van der Waals surface area contributed by atoms with Crippen LogP contribution >= 0.6 is 0 Å². The fourth-order valence-electron chi connectivity index (χ4n) is 9.87. The Labute approximate surface area is 445 Å². The van der Waals surface area contributed by atoms with Crippen molar-refractivity contribution in [3.8, 4) is 11.4 Å². The summed E-state index contributed by atoms with van der Waals surface area (Å²) in [6.07, 6.45) is 0.658. The van der Waals surface area contributed by atoms with Gasteiger partial charge < -0.3 is 62.7 Å². The van der Waals surface area contributed by atoms with E-state index in [4.69, 9.17) is 15.5 Å². The molecule has 23 nitrogen and oxygen atoms in total. The maximum Gasteiger partial charge on any atom is 0.343 e. The van der Waals surface area contributed by atoms with Crippen LogP contribution in [0.15, 0.2) is 77.6 Å². The number of fused-ring (bicyclic) bond motifs is 5. The number of hydrogen-bond donors (Lipinski definition) is 10. The number of aromatic nitrogens is 2. The Morgan fingerprint density at radius 2 is 1.28 bits per heavy atom. The first kappa shape index (κ1) is 55.3.